The van der Waals surface area contributed by atoms with Gasteiger partial charge in [-0.1, -0.05) is 6.07 Å². The van der Waals surface area contributed by atoms with Gasteiger partial charge in [0.1, 0.15) is 11.5 Å². The fraction of sp³-hybridized carbons (Fsp3) is 0.150. The van der Waals surface area contributed by atoms with Gasteiger partial charge in [-0.15, -0.1) is 0 Å². The molecule has 25 heavy (non-hydrogen) atoms. The van der Waals surface area contributed by atoms with Crippen molar-refractivity contribution in [3.05, 3.63) is 83.6 Å². The molecule has 5 heteroatoms. The molecule has 0 unspecified atom stereocenters. The molecular weight excluding hydrogens is 310 g/mol. The molecule has 0 saturated heterocycles. The van der Waals surface area contributed by atoms with Gasteiger partial charge in [-0.05, 0) is 47.9 Å². The normalized spacial score (nSPS) is 10.9. The maximum Gasteiger partial charge on any atom is 0.137 e. The molecule has 123 valence electrons. The van der Waals surface area contributed by atoms with Gasteiger partial charge in [-0.3, -0.25) is 4.98 Å². The largest absolute Gasteiger partial charge is 0.366 e. The first-order valence-electron chi connectivity index (χ1n) is 8.21. The van der Waals surface area contributed by atoms with Crippen LogP contribution in [0.3, 0.4) is 0 Å². The number of aromatic nitrogens is 4. The van der Waals surface area contributed by atoms with Crippen LogP contribution in [-0.2, 0) is 13.0 Å². The maximum atomic E-state index is 4.51. The standard InChI is InChI=1S/C20H18N5/c1-14-6-8-21-11-17(14)13-24-19-5-4-15(10-23-19)9-16-12-25-20-18(16)3-2-7-22-20/h2-8,10,12H,9,13H2,1H3,(H,22,25)(H,23,24). The summed E-state index contributed by atoms with van der Waals surface area (Å²) in [6.45, 7) is 2.72. The van der Waals surface area contributed by atoms with Crippen LogP contribution in [0.2, 0.25) is 0 Å². The molecular formula is C20H18N5. The lowest BCUT2D eigenvalue weighted by atomic mass is 10.1. The van der Waals surface area contributed by atoms with Gasteiger partial charge < -0.3 is 10.3 Å². The first-order chi connectivity index (χ1) is 12.3. The molecule has 4 heterocycles. The van der Waals surface area contributed by atoms with Gasteiger partial charge in [0.2, 0.25) is 0 Å². The van der Waals surface area contributed by atoms with Gasteiger partial charge in [-0.25, -0.2) is 9.97 Å². The molecule has 0 aliphatic carbocycles. The number of aryl methyl sites for hydroxylation is 1. The average molecular weight is 328 g/mol. The summed E-state index contributed by atoms with van der Waals surface area (Å²) in [5, 5.41) is 4.48. The van der Waals surface area contributed by atoms with Crippen LogP contribution in [0.4, 0.5) is 5.82 Å². The van der Waals surface area contributed by atoms with E-state index in [0.717, 1.165) is 28.8 Å². The van der Waals surface area contributed by atoms with Crippen LogP contribution in [0.5, 0.6) is 0 Å². The number of hydrogen-bond donors (Lipinski definition) is 2. The summed E-state index contributed by atoms with van der Waals surface area (Å²) in [4.78, 5) is 16.1. The van der Waals surface area contributed by atoms with E-state index in [1.54, 1.807) is 12.4 Å². The van der Waals surface area contributed by atoms with Crippen molar-refractivity contribution in [1.82, 2.24) is 19.9 Å². The molecule has 4 aromatic heterocycles. The predicted molar refractivity (Wildman–Crippen MR) is 98.3 cm³/mol. The number of nitrogens with zero attached hydrogens (tertiary/aromatic N) is 3. The molecule has 0 saturated carbocycles. The highest BCUT2D eigenvalue weighted by Crippen LogP contribution is 2.19. The monoisotopic (exact) mass is 328 g/mol. The van der Waals surface area contributed by atoms with E-state index in [-0.39, 0.29) is 0 Å². The Bertz CT molecular complexity index is 988. The van der Waals surface area contributed by atoms with E-state index in [4.69, 9.17) is 0 Å². The number of anilines is 1. The second-order valence-corrected chi connectivity index (χ2v) is 6.01. The molecule has 4 rings (SSSR count). The van der Waals surface area contributed by atoms with Crippen LogP contribution in [0, 0.1) is 13.1 Å². The number of fused-ring (bicyclic) bond motifs is 1. The van der Waals surface area contributed by atoms with Crippen molar-refractivity contribution in [2.75, 3.05) is 5.32 Å². The Kier molecular flexibility index (Phi) is 4.12. The van der Waals surface area contributed by atoms with Crippen LogP contribution in [0.1, 0.15) is 22.3 Å². The van der Waals surface area contributed by atoms with Gasteiger partial charge in [0.15, 0.2) is 0 Å². The molecule has 0 aliphatic rings. The third-order valence-corrected chi connectivity index (χ3v) is 4.28. The zero-order valence-electron chi connectivity index (χ0n) is 14.0. The summed E-state index contributed by atoms with van der Waals surface area (Å²) >= 11 is 0. The lowest BCUT2D eigenvalue weighted by Gasteiger charge is -2.08. The zero-order valence-corrected chi connectivity index (χ0v) is 14.0. The van der Waals surface area contributed by atoms with Crippen LogP contribution >= 0.6 is 0 Å². The second-order valence-electron chi connectivity index (χ2n) is 6.01. The predicted octanol–water partition coefficient (Wildman–Crippen LogP) is 3.66. The van der Waals surface area contributed by atoms with E-state index in [1.807, 2.05) is 30.6 Å². The molecule has 0 aliphatic heterocycles. The summed E-state index contributed by atoms with van der Waals surface area (Å²) in [6, 6.07) is 10.1. The molecule has 0 amide bonds. The minimum atomic E-state index is 0.667. The Labute approximate surface area is 146 Å². The summed E-state index contributed by atoms with van der Waals surface area (Å²) in [5.41, 5.74) is 5.55. The highest BCUT2D eigenvalue weighted by Gasteiger charge is 2.06. The molecule has 0 bridgehead atoms. The summed E-state index contributed by atoms with van der Waals surface area (Å²) < 4.78 is 0. The number of H-pyrrole nitrogens is 1. The molecule has 0 spiro atoms. The Balaban J connectivity index is 1.44. The minimum Gasteiger partial charge on any atom is -0.366 e. The first kappa shape index (κ1) is 15.3. The number of nitrogens with one attached hydrogen (secondary N) is 2. The van der Waals surface area contributed by atoms with Crippen molar-refractivity contribution in [2.45, 2.75) is 19.9 Å². The molecule has 0 fully saturated rings. The molecule has 0 atom stereocenters. The van der Waals surface area contributed by atoms with Crippen LogP contribution < -0.4 is 5.32 Å². The van der Waals surface area contributed by atoms with Crippen molar-refractivity contribution in [3.63, 3.8) is 0 Å². The van der Waals surface area contributed by atoms with Crippen molar-refractivity contribution >= 4 is 16.9 Å². The maximum absolute atomic E-state index is 4.51. The summed E-state index contributed by atoms with van der Waals surface area (Å²) in [7, 11) is 0. The molecule has 0 aromatic carbocycles. The van der Waals surface area contributed by atoms with Gasteiger partial charge in [-0.2, -0.15) is 0 Å². The topological polar surface area (TPSA) is 66.5 Å². The minimum absolute atomic E-state index is 0.667. The fourth-order valence-electron chi connectivity index (χ4n) is 2.82. The van der Waals surface area contributed by atoms with Gasteiger partial charge in [0.05, 0.1) is 6.20 Å². The molecule has 2 N–H and O–H groups in total. The SMILES string of the molecule is Cc1ccn[c]c1CNc1ccc(Cc2c[nH]c3ncccc23)cn1. The van der Waals surface area contributed by atoms with E-state index in [2.05, 4.69) is 50.5 Å². The Morgan fingerprint density at radius 1 is 1.12 bits per heavy atom. The third kappa shape index (κ3) is 3.35. The molecule has 4 aromatic rings. The summed E-state index contributed by atoms with van der Waals surface area (Å²) in [6.07, 6.45) is 11.3. The number of hydrogen-bond acceptors (Lipinski definition) is 4. The smallest absolute Gasteiger partial charge is 0.137 e. The van der Waals surface area contributed by atoms with Gasteiger partial charge >= 0.3 is 0 Å². The number of aromatic amines is 1. The van der Waals surface area contributed by atoms with Crippen LogP contribution in [-0.4, -0.2) is 19.9 Å². The fourth-order valence-corrected chi connectivity index (χ4v) is 2.82. The average Bonchev–Trinajstić information content (AvgIpc) is 3.05. The van der Waals surface area contributed by atoms with E-state index in [1.165, 1.54) is 16.7 Å². The van der Waals surface area contributed by atoms with E-state index in [0.29, 0.717) is 6.54 Å². The lowest BCUT2D eigenvalue weighted by Crippen LogP contribution is -2.03. The highest BCUT2D eigenvalue weighted by atomic mass is 15.0. The van der Waals surface area contributed by atoms with Crippen LogP contribution in [0.15, 0.2) is 55.1 Å². The lowest BCUT2D eigenvalue weighted by molar-refractivity contribution is 1.05. The van der Waals surface area contributed by atoms with Crippen molar-refractivity contribution < 1.29 is 0 Å². The quantitative estimate of drug-likeness (QED) is 0.587. The second kappa shape index (κ2) is 6.73. The van der Waals surface area contributed by atoms with Crippen molar-refractivity contribution in [2.24, 2.45) is 0 Å². The van der Waals surface area contributed by atoms with Crippen LogP contribution in [0.25, 0.3) is 11.0 Å². The summed E-state index contributed by atoms with van der Waals surface area (Å²) in [5.74, 6) is 0.848. The van der Waals surface area contributed by atoms with E-state index in [9.17, 15) is 0 Å². The number of pyridine rings is 3. The van der Waals surface area contributed by atoms with Gasteiger partial charge in [0.25, 0.3) is 0 Å². The van der Waals surface area contributed by atoms with E-state index < -0.39 is 0 Å². The van der Waals surface area contributed by atoms with E-state index >= 15 is 0 Å². The zero-order chi connectivity index (χ0) is 17.1. The van der Waals surface area contributed by atoms with Gasteiger partial charge in [0, 0.05) is 48.7 Å². The highest BCUT2D eigenvalue weighted by molar-refractivity contribution is 5.79. The third-order valence-electron chi connectivity index (χ3n) is 4.28. The first-order valence-corrected chi connectivity index (χ1v) is 8.21. The molecule has 1 radical (unpaired) electrons. The Morgan fingerprint density at radius 2 is 2.08 bits per heavy atom. The molecule has 5 nitrogen and oxygen atoms in total. The van der Waals surface area contributed by atoms with Crippen molar-refractivity contribution in [1.29, 1.82) is 0 Å². The Morgan fingerprint density at radius 3 is 2.92 bits per heavy atom. The van der Waals surface area contributed by atoms with Crippen molar-refractivity contribution in [3.8, 4) is 0 Å². The Hall–Kier alpha value is -3.21. The number of rotatable bonds is 5.